The van der Waals surface area contributed by atoms with Gasteiger partial charge in [-0.05, 0) is 66.6 Å². The van der Waals surface area contributed by atoms with Gasteiger partial charge in [-0.15, -0.1) is 0 Å². The van der Waals surface area contributed by atoms with Crippen molar-refractivity contribution in [3.8, 4) is 11.1 Å². The van der Waals surface area contributed by atoms with E-state index < -0.39 is 50.4 Å². The Morgan fingerprint density at radius 2 is 1.78 bits per heavy atom. The molecule has 10 nitrogen and oxygen atoms in total. The molecule has 1 saturated carbocycles. The van der Waals surface area contributed by atoms with E-state index in [0.29, 0.717) is 16.7 Å². The standard InChI is InChI=1S/C29H31FN4O6S/c1-17(19-4-5-19)34(14-18-2-8-22(30)9-3-18)26(36)15-41(39,40)16-29(27(37)32-28(38)33-29)23-10-6-20(12-24(23)41)21-7-11-25(35)31-13-21/h2-3,6-13,17,19,39-41H,4-5,14-16H2,1H3,(H,31,35)(H2,32,33,37,38)/t17-,29?/m0/s1. The number of benzene rings is 2. The van der Waals surface area contributed by atoms with Crippen LogP contribution in [0.4, 0.5) is 9.18 Å². The normalized spacial score (nSPS) is 23.7. The molecule has 1 aromatic heterocycles. The Hall–Kier alpha value is -4.00. The van der Waals surface area contributed by atoms with Crippen LogP contribution < -0.4 is 16.2 Å². The smallest absolute Gasteiger partial charge is 0.322 e. The van der Waals surface area contributed by atoms with E-state index in [0.717, 1.165) is 12.8 Å². The Labute approximate surface area is 235 Å². The van der Waals surface area contributed by atoms with E-state index in [1.54, 1.807) is 35.2 Å². The van der Waals surface area contributed by atoms with E-state index in [-0.39, 0.29) is 34.5 Å². The molecule has 1 aliphatic carbocycles. The molecule has 41 heavy (non-hydrogen) atoms. The number of rotatable bonds is 7. The van der Waals surface area contributed by atoms with Crippen molar-refractivity contribution < 1.29 is 27.9 Å². The van der Waals surface area contributed by atoms with Gasteiger partial charge in [0.25, 0.3) is 5.91 Å². The summed E-state index contributed by atoms with van der Waals surface area (Å²) in [5, 5.41) is 4.78. The number of H-pyrrole nitrogens is 1. The molecule has 12 heteroatoms. The van der Waals surface area contributed by atoms with E-state index in [9.17, 15) is 32.7 Å². The fourth-order valence-corrected chi connectivity index (χ4v) is 10.00. The van der Waals surface area contributed by atoms with Crippen LogP contribution in [0, 0.1) is 11.7 Å². The predicted molar refractivity (Wildman–Crippen MR) is 152 cm³/mol. The zero-order chi connectivity index (χ0) is 29.2. The van der Waals surface area contributed by atoms with Gasteiger partial charge in [0, 0.05) is 41.1 Å². The van der Waals surface area contributed by atoms with Gasteiger partial charge in [-0.1, -0.05) is 24.3 Å². The lowest BCUT2D eigenvalue weighted by Crippen LogP contribution is -2.48. The van der Waals surface area contributed by atoms with Crippen molar-refractivity contribution in [2.24, 2.45) is 5.92 Å². The number of thiol groups is 1. The topological polar surface area (TPSA) is 152 Å². The number of hydrogen-bond donors (Lipinski definition) is 6. The quantitative estimate of drug-likeness (QED) is 0.186. The number of aromatic nitrogens is 1. The number of carbonyl (C=O) groups excluding carboxylic acids is 3. The first-order valence-corrected chi connectivity index (χ1v) is 15.9. The molecule has 0 radical (unpaired) electrons. The average Bonchev–Trinajstić information content (AvgIpc) is 3.70. The molecule has 1 spiro atoms. The van der Waals surface area contributed by atoms with Gasteiger partial charge in [-0.2, -0.15) is 0 Å². The largest absolute Gasteiger partial charge is 0.334 e. The van der Waals surface area contributed by atoms with Gasteiger partial charge in [0.2, 0.25) is 11.5 Å². The van der Waals surface area contributed by atoms with E-state index in [2.05, 4.69) is 15.6 Å². The van der Waals surface area contributed by atoms with Gasteiger partial charge < -0.3 is 24.3 Å². The van der Waals surface area contributed by atoms with Crippen LogP contribution in [0.1, 0.15) is 30.9 Å². The molecule has 216 valence electrons. The lowest BCUT2D eigenvalue weighted by Gasteiger charge is -2.57. The molecule has 3 aliphatic rings. The lowest BCUT2D eigenvalue weighted by molar-refractivity contribution is -0.131. The van der Waals surface area contributed by atoms with Crippen molar-refractivity contribution in [2.75, 3.05) is 11.5 Å². The molecule has 2 atom stereocenters. The third kappa shape index (κ3) is 4.71. The molecule has 2 fully saturated rings. The van der Waals surface area contributed by atoms with Crippen LogP contribution in [0.25, 0.3) is 11.1 Å². The molecular formula is C29H31FN4O6S. The zero-order valence-electron chi connectivity index (χ0n) is 22.3. The first kappa shape index (κ1) is 27.2. The summed E-state index contributed by atoms with van der Waals surface area (Å²) in [6.07, 6.45) is 3.36. The minimum Gasteiger partial charge on any atom is -0.334 e. The maximum absolute atomic E-state index is 14.0. The molecule has 4 amide bonds. The summed E-state index contributed by atoms with van der Waals surface area (Å²) in [7, 11) is -5.21. The summed E-state index contributed by atoms with van der Waals surface area (Å²) in [6.45, 7) is 2.06. The van der Waals surface area contributed by atoms with Crippen molar-refractivity contribution in [1.82, 2.24) is 20.5 Å². The van der Waals surface area contributed by atoms with Crippen LogP contribution >= 0.6 is 9.72 Å². The number of amides is 4. The van der Waals surface area contributed by atoms with Crippen LogP contribution in [0.5, 0.6) is 0 Å². The van der Waals surface area contributed by atoms with E-state index in [1.807, 2.05) is 6.92 Å². The molecule has 3 aromatic rings. The highest BCUT2D eigenvalue weighted by Gasteiger charge is 2.61. The van der Waals surface area contributed by atoms with Crippen molar-refractivity contribution in [3.05, 3.63) is 88.1 Å². The number of halogens is 1. The molecular weight excluding hydrogens is 551 g/mol. The first-order valence-electron chi connectivity index (χ1n) is 13.4. The van der Waals surface area contributed by atoms with Crippen LogP contribution in [0.2, 0.25) is 0 Å². The number of hydrogen-bond acceptors (Lipinski definition) is 6. The Morgan fingerprint density at radius 3 is 2.39 bits per heavy atom. The van der Waals surface area contributed by atoms with Gasteiger partial charge in [-0.25, -0.2) is 9.18 Å². The number of aromatic amines is 1. The van der Waals surface area contributed by atoms with Gasteiger partial charge in [0.15, 0.2) is 5.54 Å². The minimum absolute atomic E-state index is 0.0335. The van der Waals surface area contributed by atoms with Gasteiger partial charge >= 0.3 is 6.03 Å². The van der Waals surface area contributed by atoms with Crippen molar-refractivity contribution >= 4 is 27.6 Å². The van der Waals surface area contributed by atoms with Gasteiger partial charge in [-0.3, -0.25) is 29.4 Å². The second-order valence-corrected chi connectivity index (χ2v) is 15.3. The molecule has 5 N–H and O–H groups in total. The van der Waals surface area contributed by atoms with Crippen molar-refractivity contribution in [3.63, 3.8) is 0 Å². The Kier molecular flexibility index (Phi) is 6.14. The Morgan fingerprint density at radius 1 is 1.07 bits per heavy atom. The monoisotopic (exact) mass is 582 g/mol. The summed E-state index contributed by atoms with van der Waals surface area (Å²) in [5.74, 6) is -2.61. The maximum Gasteiger partial charge on any atom is 0.322 e. The van der Waals surface area contributed by atoms with Crippen LogP contribution in [-0.2, 0) is 21.7 Å². The average molecular weight is 583 g/mol. The van der Waals surface area contributed by atoms with E-state index in [4.69, 9.17) is 0 Å². The highest BCUT2D eigenvalue weighted by atomic mass is 32.3. The van der Waals surface area contributed by atoms with E-state index >= 15 is 0 Å². The van der Waals surface area contributed by atoms with Crippen molar-refractivity contribution in [1.29, 1.82) is 0 Å². The molecule has 0 bridgehead atoms. The third-order valence-corrected chi connectivity index (χ3v) is 12.0. The van der Waals surface area contributed by atoms with Crippen molar-refractivity contribution in [2.45, 2.75) is 42.8 Å². The molecule has 1 unspecified atom stereocenters. The first-order chi connectivity index (χ1) is 19.4. The number of imide groups is 1. The number of carbonyl (C=O) groups is 3. The molecule has 3 heterocycles. The lowest BCUT2D eigenvalue weighted by atomic mass is 9.91. The fourth-order valence-electron chi connectivity index (χ4n) is 6.15. The maximum atomic E-state index is 14.0. The number of fused-ring (bicyclic) bond motifs is 2. The summed E-state index contributed by atoms with van der Waals surface area (Å²) in [5.41, 5.74) is -0.0386. The second kappa shape index (κ2) is 9.26. The predicted octanol–water partition coefficient (Wildman–Crippen LogP) is 3.43. The Balaban J connectivity index is 1.42. The zero-order valence-corrected chi connectivity index (χ0v) is 23.2. The van der Waals surface area contributed by atoms with Gasteiger partial charge in [0.05, 0.1) is 5.75 Å². The van der Waals surface area contributed by atoms with Crippen LogP contribution in [0.15, 0.2) is 70.5 Å². The molecule has 2 aliphatic heterocycles. The summed E-state index contributed by atoms with van der Waals surface area (Å²) in [4.78, 5) is 55.2. The fraction of sp³-hybridized carbons (Fsp3) is 0.310. The third-order valence-electron chi connectivity index (χ3n) is 8.49. The van der Waals surface area contributed by atoms with Crippen LogP contribution in [-0.4, -0.2) is 54.4 Å². The summed E-state index contributed by atoms with van der Waals surface area (Å²) < 4.78 is 38.2. The molecule has 6 rings (SSSR count). The number of pyridine rings is 1. The summed E-state index contributed by atoms with van der Waals surface area (Å²) >= 11 is 0. The summed E-state index contributed by atoms with van der Waals surface area (Å²) in [6, 6.07) is 12.5. The van der Waals surface area contributed by atoms with Crippen LogP contribution in [0.3, 0.4) is 0 Å². The second-order valence-electron chi connectivity index (χ2n) is 11.4. The Bertz CT molecular complexity index is 1630. The van der Waals surface area contributed by atoms with Gasteiger partial charge in [0.1, 0.15) is 5.82 Å². The number of nitrogens with one attached hydrogen (secondary N) is 3. The number of urea groups is 1. The highest BCUT2D eigenvalue weighted by Crippen LogP contribution is 2.77. The molecule has 2 aromatic carbocycles. The highest BCUT2D eigenvalue weighted by molar-refractivity contribution is 8.41. The number of nitrogens with zero attached hydrogens (tertiary/aromatic N) is 1. The minimum atomic E-state index is -5.21. The SMILES string of the molecule is C[C@@H](C1CC1)N(Cc1ccc(F)cc1)C(=O)C[SH]1(O)(O)CC2(NC(=O)NC2=O)c2ccc(-c3ccc(=O)[nH]c3)cc21. The molecule has 1 saturated heterocycles. The van der Waals surface area contributed by atoms with E-state index in [1.165, 1.54) is 30.5 Å².